The van der Waals surface area contributed by atoms with Gasteiger partial charge in [0.05, 0.1) is 42.2 Å². The minimum Gasteiger partial charge on any atom is -0.464 e. The number of hydrogen-bond acceptors (Lipinski definition) is 8. The Hall–Kier alpha value is -4.02. The summed E-state index contributed by atoms with van der Waals surface area (Å²) < 4.78 is 19.8. The molecule has 10 nitrogen and oxygen atoms in total. The molecule has 1 N–H and O–H groups in total. The monoisotopic (exact) mass is 617 g/mol. The number of allylic oxidation sites excluding steroid dienone is 1. The van der Waals surface area contributed by atoms with Crippen LogP contribution in [0, 0.1) is 6.92 Å². The molecule has 0 aliphatic carbocycles. The van der Waals surface area contributed by atoms with Crippen molar-refractivity contribution in [3.63, 3.8) is 0 Å². The second kappa shape index (κ2) is 14.4. The van der Waals surface area contributed by atoms with E-state index in [-0.39, 0.29) is 24.7 Å². The van der Waals surface area contributed by atoms with E-state index in [0.29, 0.717) is 54.3 Å². The predicted octanol–water partition coefficient (Wildman–Crippen LogP) is 5.68. The summed E-state index contributed by atoms with van der Waals surface area (Å²) in [4.78, 5) is 33.7. The third kappa shape index (κ3) is 8.18. The molecule has 3 aromatic rings. The maximum atomic E-state index is 13.5. The van der Waals surface area contributed by atoms with Crippen molar-refractivity contribution in [2.75, 3.05) is 31.2 Å². The first-order valence-electron chi connectivity index (χ1n) is 15.6. The van der Waals surface area contributed by atoms with Crippen molar-refractivity contribution in [2.45, 2.75) is 84.7 Å². The van der Waals surface area contributed by atoms with Crippen molar-refractivity contribution < 1.29 is 23.8 Å². The molecule has 1 atom stereocenters. The van der Waals surface area contributed by atoms with E-state index in [9.17, 15) is 9.59 Å². The lowest BCUT2D eigenvalue weighted by molar-refractivity contribution is -0.166. The van der Waals surface area contributed by atoms with Crippen LogP contribution < -0.4 is 10.2 Å². The first-order valence-corrected chi connectivity index (χ1v) is 15.6. The van der Waals surface area contributed by atoms with Crippen LogP contribution in [-0.4, -0.2) is 64.0 Å². The number of fused-ring (bicyclic) bond motifs is 1. The lowest BCUT2D eigenvalue weighted by Gasteiger charge is -2.41. The average Bonchev–Trinajstić information content (AvgIpc) is 3.40. The van der Waals surface area contributed by atoms with Gasteiger partial charge in [-0.05, 0) is 72.4 Å². The molecule has 0 radical (unpaired) electrons. The van der Waals surface area contributed by atoms with Gasteiger partial charge in [-0.2, -0.15) is 9.61 Å². The van der Waals surface area contributed by atoms with Gasteiger partial charge in [-0.3, -0.25) is 4.79 Å². The van der Waals surface area contributed by atoms with Crippen molar-refractivity contribution in [1.82, 2.24) is 19.9 Å². The first kappa shape index (κ1) is 33.9. The fourth-order valence-corrected chi connectivity index (χ4v) is 5.59. The molecule has 4 rings (SSSR count). The molecular formula is C35H47N5O5. The van der Waals surface area contributed by atoms with Crippen molar-refractivity contribution in [2.24, 2.45) is 0 Å². The van der Waals surface area contributed by atoms with Gasteiger partial charge in [0.15, 0.2) is 11.8 Å². The maximum absolute atomic E-state index is 13.5. The lowest BCUT2D eigenvalue weighted by atomic mass is 9.92. The lowest BCUT2D eigenvalue weighted by Crippen LogP contribution is -2.45. The summed E-state index contributed by atoms with van der Waals surface area (Å²) in [7, 11) is 0. The van der Waals surface area contributed by atoms with Crippen LogP contribution >= 0.6 is 0 Å². The molecule has 1 aliphatic heterocycles. The molecule has 1 saturated heterocycles. The summed E-state index contributed by atoms with van der Waals surface area (Å²) in [6.45, 7) is 21.3. The zero-order valence-corrected chi connectivity index (χ0v) is 27.5. The van der Waals surface area contributed by atoms with Gasteiger partial charge < -0.3 is 24.4 Å². The van der Waals surface area contributed by atoms with Gasteiger partial charge in [0.2, 0.25) is 0 Å². The molecule has 242 valence electrons. The zero-order chi connectivity index (χ0) is 32.8. The number of nitrogens with one attached hydrogen (secondary N) is 1. The highest BCUT2D eigenvalue weighted by molar-refractivity contribution is 5.95. The number of esters is 1. The van der Waals surface area contributed by atoms with E-state index in [2.05, 4.69) is 30.3 Å². The van der Waals surface area contributed by atoms with E-state index in [1.165, 1.54) is 0 Å². The highest BCUT2D eigenvalue weighted by atomic mass is 16.6. The van der Waals surface area contributed by atoms with E-state index in [0.717, 1.165) is 24.2 Å². The zero-order valence-electron chi connectivity index (χ0n) is 27.5. The van der Waals surface area contributed by atoms with Gasteiger partial charge in [-0.1, -0.05) is 30.4 Å². The number of aryl methyl sites for hydroxylation is 1. The van der Waals surface area contributed by atoms with Crippen LogP contribution in [-0.2, 0) is 32.0 Å². The molecule has 1 amide bonds. The minimum atomic E-state index is -1.02. The molecule has 3 heterocycles. The average molecular weight is 618 g/mol. The number of carbonyl (C=O) groups is 2. The van der Waals surface area contributed by atoms with Crippen LogP contribution in [0.1, 0.15) is 86.4 Å². The summed E-state index contributed by atoms with van der Waals surface area (Å²) >= 11 is 0. The topological polar surface area (TPSA) is 107 Å². The number of anilines is 1. The molecule has 0 saturated carbocycles. The van der Waals surface area contributed by atoms with Crippen molar-refractivity contribution in [3.8, 4) is 0 Å². The molecule has 0 spiro atoms. The number of benzene rings is 1. The van der Waals surface area contributed by atoms with Crippen molar-refractivity contribution in [3.05, 3.63) is 83.7 Å². The van der Waals surface area contributed by atoms with Gasteiger partial charge in [-0.15, -0.1) is 13.2 Å². The van der Waals surface area contributed by atoms with E-state index in [1.807, 2.05) is 52.0 Å². The van der Waals surface area contributed by atoms with Crippen LogP contribution in [0.5, 0.6) is 0 Å². The Morgan fingerprint density at radius 2 is 1.87 bits per heavy atom. The van der Waals surface area contributed by atoms with E-state index in [1.54, 1.807) is 29.7 Å². The van der Waals surface area contributed by atoms with E-state index < -0.39 is 17.7 Å². The Bertz CT molecular complexity index is 1530. The normalized spacial score (nSPS) is 15.5. The van der Waals surface area contributed by atoms with Crippen LogP contribution in [0.2, 0.25) is 0 Å². The molecule has 0 bridgehead atoms. The molecular weight excluding hydrogens is 570 g/mol. The van der Waals surface area contributed by atoms with Gasteiger partial charge in [0.1, 0.15) is 5.82 Å². The highest BCUT2D eigenvalue weighted by Gasteiger charge is 2.38. The number of hydrogen-bond donors (Lipinski definition) is 1. The Kier molecular flexibility index (Phi) is 10.8. The number of amides is 1. The van der Waals surface area contributed by atoms with Crippen molar-refractivity contribution in [1.29, 1.82) is 0 Å². The fraction of sp³-hybridized carbons (Fsp3) is 0.486. The highest BCUT2D eigenvalue weighted by Crippen LogP contribution is 2.38. The largest absolute Gasteiger partial charge is 0.464 e. The predicted molar refractivity (Wildman–Crippen MR) is 175 cm³/mol. The Morgan fingerprint density at radius 1 is 1.16 bits per heavy atom. The second-order valence-corrected chi connectivity index (χ2v) is 12.6. The molecule has 45 heavy (non-hydrogen) atoms. The third-order valence-electron chi connectivity index (χ3n) is 7.82. The Morgan fingerprint density at radius 3 is 2.51 bits per heavy atom. The van der Waals surface area contributed by atoms with Gasteiger partial charge >= 0.3 is 5.97 Å². The summed E-state index contributed by atoms with van der Waals surface area (Å²) in [5, 5.41) is 7.92. The summed E-state index contributed by atoms with van der Waals surface area (Å²) in [6, 6.07) is 9.35. The molecule has 2 aromatic heterocycles. The smallest absolute Gasteiger partial charge is 0.340 e. The number of aromatic nitrogens is 3. The van der Waals surface area contributed by atoms with Gasteiger partial charge in [-0.25, -0.2) is 9.78 Å². The molecule has 1 fully saturated rings. The molecule has 1 aromatic carbocycles. The number of ether oxygens (including phenoxy) is 3. The molecule has 1 unspecified atom stereocenters. The number of carbonyl (C=O) groups excluding carboxylic acids is 2. The maximum Gasteiger partial charge on any atom is 0.340 e. The van der Waals surface area contributed by atoms with Crippen LogP contribution in [0.4, 0.5) is 5.82 Å². The van der Waals surface area contributed by atoms with Crippen molar-refractivity contribution >= 4 is 23.3 Å². The van der Waals surface area contributed by atoms with Gasteiger partial charge in [0.25, 0.3) is 5.91 Å². The number of nitrogens with zero attached hydrogens (tertiary/aromatic N) is 4. The van der Waals surface area contributed by atoms with E-state index >= 15 is 0 Å². The Balaban J connectivity index is 1.76. The number of rotatable bonds is 13. The third-order valence-corrected chi connectivity index (χ3v) is 7.82. The fourth-order valence-electron chi connectivity index (χ4n) is 5.59. The Labute approximate surface area is 266 Å². The van der Waals surface area contributed by atoms with Crippen LogP contribution in [0.15, 0.2) is 55.6 Å². The standard InChI is InChI=1S/C35H47N5O5/c1-9-14-25-15-12-13-16-27(25)31(41)36-23-26-22-28-37-24(4)29(30(33(42)43-11-3)45-34(5,6)7)32(40(28)38-26)39-19-17-35(8,18-20-39)44-21-10-2/h9-10,12-13,15-16,22,30H,1-2,11,14,17-21,23H2,3-8H3,(H,36,41). The molecule has 10 heteroatoms. The summed E-state index contributed by atoms with van der Waals surface area (Å²) in [5.74, 6) is 0.0525. The number of piperidine rings is 1. The quantitative estimate of drug-likeness (QED) is 0.193. The second-order valence-electron chi connectivity index (χ2n) is 12.6. The van der Waals surface area contributed by atoms with Crippen LogP contribution in [0.25, 0.3) is 5.65 Å². The summed E-state index contributed by atoms with van der Waals surface area (Å²) in [5.41, 5.74) is 3.07. The van der Waals surface area contributed by atoms with Gasteiger partial charge in [0, 0.05) is 30.4 Å². The van der Waals surface area contributed by atoms with E-state index in [4.69, 9.17) is 24.3 Å². The first-order chi connectivity index (χ1) is 21.4. The molecule has 1 aliphatic rings. The van der Waals surface area contributed by atoms with Crippen LogP contribution in [0.3, 0.4) is 0 Å². The minimum absolute atomic E-state index is 0.189. The summed E-state index contributed by atoms with van der Waals surface area (Å²) in [6.07, 6.45) is 4.66. The SMILES string of the molecule is C=CCOC1(C)CCN(c2c(C(OC(C)(C)C)C(=O)OCC)c(C)nc3cc(CNC(=O)c4ccccc4CC=C)nn23)CC1.